The molecule has 4 aromatic rings. The summed E-state index contributed by atoms with van der Waals surface area (Å²) in [5.74, 6) is 0.786. The Kier molecular flexibility index (Phi) is 6.22. The smallest absolute Gasteiger partial charge is 0.349 e. The number of hydrogen-bond acceptors (Lipinski definition) is 8. The standard InChI is InChI=1S/C22H23N5O4S/c1-4-31-17-11-18(32-20(17)22(28)29)15-10-19(26-12-25-15)23-7-8-27-13(2)9-14-16(30-3)5-6-24-21(14)27/h5-6,9-12H,4,7-8H2,1-3H3,(H,28,29)(H,23,25,26). The maximum absolute atomic E-state index is 11.5. The summed E-state index contributed by atoms with van der Waals surface area (Å²) < 4.78 is 13.0. The Morgan fingerprint density at radius 2 is 2.06 bits per heavy atom. The van der Waals surface area contributed by atoms with Crippen molar-refractivity contribution in [1.82, 2.24) is 19.5 Å². The molecular formula is C22H23N5O4S. The second kappa shape index (κ2) is 9.23. The maximum atomic E-state index is 11.5. The number of carbonyl (C=O) groups is 1. The minimum absolute atomic E-state index is 0.160. The van der Waals surface area contributed by atoms with Gasteiger partial charge in [0.15, 0.2) is 4.88 Å². The predicted molar refractivity (Wildman–Crippen MR) is 123 cm³/mol. The minimum atomic E-state index is -1.02. The summed E-state index contributed by atoms with van der Waals surface area (Å²) in [6.45, 7) is 5.55. The number of aromatic carboxylic acids is 1. The number of nitrogens with one attached hydrogen (secondary N) is 1. The van der Waals surface area contributed by atoms with Crippen molar-refractivity contribution >= 4 is 34.2 Å². The summed E-state index contributed by atoms with van der Waals surface area (Å²) in [7, 11) is 1.65. The van der Waals surface area contributed by atoms with Gasteiger partial charge in [0.25, 0.3) is 0 Å². The summed E-state index contributed by atoms with van der Waals surface area (Å²) in [5, 5.41) is 13.7. The lowest BCUT2D eigenvalue weighted by Crippen LogP contribution is -2.12. The fraction of sp³-hybridized carbons (Fsp3) is 0.273. The molecule has 0 bridgehead atoms. The molecule has 10 heteroatoms. The van der Waals surface area contributed by atoms with Crippen molar-refractivity contribution < 1.29 is 19.4 Å². The summed E-state index contributed by atoms with van der Waals surface area (Å²) in [6, 6.07) is 7.42. The SMILES string of the molecule is CCOc1cc(-c2cc(NCCn3c(C)cc4c(OC)ccnc43)ncn2)sc1C(=O)O. The number of hydrogen-bond donors (Lipinski definition) is 2. The van der Waals surface area contributed by atoms with E-state index < -0.39 is 5.97 Å². The molecular weight excluding hydrogens is 430 g/mol. The van der Waals surface area contributed by atoms with E-state index in [1.807, 2.05) is 19.9 Å². The van der Waals surface area contributed by atoms with Crippen molar-refractivity contribution in [3.8, 4) is 22.1 Å². The van der Waals surface area contributed by atoms with Crippen molar-refractivity contribution in [1.29, 1.82) is 0 Å². The molecule has 4 rings (SSSR count). The highest BCUT2D eigenvalue weighted by Gasteiger charge is 2.18. The van der Waals surface area contributed by atoms with Crippen LogP contribution in [0.4, 0.5) is 5.82 Å². The van der Waals surface area contributed by atoms with Gasteiger partial charge in [0.1, 0.15) is 29.3 Å². The number of fused-ring (bicyclic) bond motifs is 1. The number of ether oxygens (including phenoxy) is 2. The molecule has 4 aromatic heterocycles. The van der Waals surface area contributed by atoms with E-state index in [4.69, 9.17) is 9.47 Å². The van der Waals surface area contributed by atoms with Crippen molar-refractivity contribution in [2.75, 3.05) is 25.6 Å². The third kappa shape index (κ3) is 4.22. The second-order valence-electron chi connectivity index (χ2n) is 6.95. The van der Waals surface area contributed by atoms with Crippen LogP contribution in [0.15, 0.2) is 36.8 Å². The van der Waals surface area contributed by atoms with Crippen LogP contribution in [0.3, 0.4) is 0 Å². The minimum Gasteiger partial charge on any atom is -0.496 e. The number of nitrogens with zero attached hydrogens (tertiary/aromatic N) is 4. The van der Waals surface area contributed by atoms with E-state index in [1.54, 1.807) is 25.4 Å². The third-order valence-corrected chi connectivity index (χ3v) is 6.06. The van der Waals surface area contributed by atoms with Gasteiger partial charge in [0, 0.05) is 37.1 Å². The van der Waals surface area contributed by atoms with Crippen LogP contribution in [0.5, 0.6) is 11.5 Å². The first-order valence-electron chi connectivity index (χ1n) is 10.1. The Morgan fingerprint density at radius 1 is 1.22 bits per heavy atom. The topological polar surface area (TPSA) is 111 Å². The normalized spacial score (nSPS) is 11.0. The van der Waals surface area contributed by atoms with Gasteiger partial charge in [-0.1, -0.05) is 0 Å². The molecule has 0 spiro atoms. The number of rotatable bonds is 9. The van der Waals surface area contributed by atoms with Crippen molar-refractivity contribution in [3.05, 3.63) is 47.4 Å². The van der Waals surface area contributed by atoms with E-state index in [9.17, 15) is 9.90 Å². The van der Waals surface area contributed by atoms with Crippen LogP contribution in [0, 0.1) is 6.92 Å². The van der Waals surface area contributed by atoms with Crippen molar-refractivity contribution in [2.24, 2.45) is 0 Å². The molecule has 32 heavy (non-hydrogen) atoms. The summed E-state index contributed by atoms with van der Waals surface area (Å²) >= 11 is 1.13. The van der Waals surface area contributed by atoms with Gasteiger partial charge in [-0.2, -0.15) is 0 Å². The van der Waals surface area contributed by atoms with E-state index >= 15 is 0 Å². The molecule has 0 saturated heterocycles. The predicted octanol–water partition coefficient (Wildman–Crippen LogP) is 4.08. The summed E-state index contributed by atoms with van der Waals surface area (Å²) in [6.07, 6.45) is 3.20. The van der Waals surface area contributed by atoms with Gasteiger partial charge in [-0.05, 0) is 26.0 Å². The molecule has 0 amide bonds. The molecule has 0 radical (unpaired) electrons. The van der Waals surface area contributed by atoms with Crippen LogP contribution < -0.4 is 14.8 Å². The first-order chi connectivity index (χ1) is 15.5. The fourth-order valence-corrected chi connectivity index (χ4v) is 4.41. The zero-order chi connectivity index (χ0) is 22.7. The molecule has 4 heterocycles. The van der Waals surface area contributed by atoms with Crippen molar-refractivity contribution in [2.45, 2.75) is 20.4 Å². The molecule has 0 saturated carbocycles. The van der Waals surface area contributed by atoms with Gasteiger partial charge in [0.2, 0.25) is 0 Å². The van der Waals surface area contributed by atoms with E-state index in [-0.39, 0.29) is 4.88 Å². The zero-order valence-corrected chi connectivity index (χ0v) is 18.8. The zero-order valence-electron chi connectivity index (χ0n) is 18.0. The lowest BCUT2D eigenvalue weighted by Gasteiger charge is -2.10. The molecule has 0 aliphatic carbocycles. The van der Waals surface area contributed by atoms with Crippen LogP contribution >= 0.6 is 11.3 Å². The molecule has 0 aliphatic heterocycles. The first-order valence-corrected chi connectivity index (χ1v) is 10.9. The monoisotopic (exact) mass is 453 g/mol. The van der Waals surface area contributed by atoms with Gasteiger partial charge in [-0.3, -0.25) is 0 Å². The van der Waals surface area contributed by atoms with E-state index in [1.165, 1.54) is 6.33 Å². The number of methoxy groups -OCH3 is 1. The molecule has 9 nitrogen and oxygen atoms in total. The number of anilines is 1. The van der Waals surface area contributed by atoms with Crippen molar-refractivity contribution in [3.63, 3.8) is 0 Å². The fourth-order valence-electron chi connectivity index (χ4n) is 3.51. The van der Waals surface area contributed by atoms with Crippen LogP contribution in [-0.4, -0.2) is 50.9 Å². The highest BCUT2D eigenvalue weighted by atomic mass is 32.1. The number of aromatic nitrogens is 4. The number of carboxylic acids is 1. The first kappa shape index (κ1) is 21.6. The molecule has 0 fully saturated rings. The van der Waals surface area contributed by atoms with Crippen LogP contribution in [0.25, 0.3) is 21.6 Å². The summed E-state index contributed by atoms with van der Waals surface area (Å²) in [5.41, 5.74) is 2.59. The number of carboxylic acid groups (broad SMARTS) is 1. The Labute approximate surface area is 188 Å². The molecule has 0 aromatic carbocycles. The third-order valence-electron chi connectivity index (χ3n) is 4.94. The molecule has 0 atom stereocenters. The summed E-state index contributed by atoms with van der Waals surface area (Å²) in [4.78, 5) is 25.4. The van der Waals surface area contributed by atoms with E-state index in [0.717, 1.165) is 33.8 Å². The molecule has 0 unspecified atom stereocenters. The lowest BCUT2D eigenvalue weighted by molar-refractivity contribution is 0.0698. The average molecular weight is 454 g/mol. The number of thiophene rings is 1. The quantitative estimate of drug-likeness (QED) is 0.390. The molecule has 2 N–H and O–H groups in total. The maximum Gasteiger partial charge on any atom is 0.349 e. The Hall–Kier alpha value is -3.66. The van der Waals surface area contributed by atoms with Gasteiger partial charge in [0.05, 0.1) is 29.7 Å². The largest absolute Gasteiger partial charge is 0.496 e. The van der Waals surface area contributed by atoms with E-state index in [0.29, 0.717) is 41.8 Å². The average Bonchev–Trinajstić information content (AvgIpc) is 3.35. The van der Waals surface area contributed by atoms with E-state index in [2.05, 4.69) is 30.9 Å². The van der Waals surface area contributed by atoms with Crippen LogP contribution in [-0.2, 0) is 6.54 Å². The van der Waals surface area contributed by atoms with Crippen LogP contribution in [0.1, 0.15) is 22.3 Å². The van der Waals surface area contributed by atoms with Gasteiger partial charge in [-0.15, -0.1) is 11.3 Å². The van der Waals surface area contributed by atoms with Gasteiger partial charge >= 0.3 is 5.97 Å². The highest BCUT2D eigenvalue weighted by molar-refractivity contribution is 7.17. The Morgan fingerprint density at radius 3 is 2.81 bits per heavy atom. The van der Waals surface area contributed by atoms with Gasteiger partial charge < -0.3 is 24.5 Å². The molecule has 166 valence electrons. The number of aryl methyl sites for hydroxylation is 1. The molecule has 0 aliphatic rings. The van der Waals surface area contributed by atoms with Crippen LogP contribution in [0.2, 0.25) is 0 Å². The lowest BCUT2D eigenvalue weighted by atomic mass is 10.3. The second-order valence-corrected chi connectivity index (χ2v) is 8.00. The Balaban J connectivity index is 1.50. The number of pyridine rings is 1. The van der Waals surface area contributed by atoms with Gasteiger partial charge in [-0.25, -0.2) is 19.7 Å². The Bertz CT molecular complexity index is 1270. The highest BCUT2D eigenvalue weighted by Crippen LogP contribution is 2.36.